The molecule has 0 bridgehead atoms. The third kappa shape index (κ3) is 0.964. The van der Waals surface area contributed by atoms with Gasteiger partial charge < -0.3 is 5.11 Å². The molecule has 2 heteroatoms. The van der Waals surface area contributed by atoms with Crippen LogP contribution >= 0.6 is 0 Å². The molecular formula is C6H7NO. The summed E-state index contributed by atoms with van der Waals surface area (Å²) in [6.45, 7) is -2.64. The molecule has 1 heterocycles. The third-order valence-electron chi connectivity index (χ3n) is 0.573. The quantitative estimate of drug-likeness (QED) is 0.549. The van der Waals surface area contributed by atoms with Crippen molar-refractivity contribution in [1.29, 1.82) is 0 Å². The van der Waals surface area contributed by atoms with E-state index in [1.54, 1.807) is 0 Å². The van der Waals surface area contributed by atoms with Gasteiger partial charge in [-0.25, -0.2) is 0 Å². The van der Waals surface area contributed by atoms with Gasteiger partial charge in [0.05, 0.1) is 10.3 Å². The monoisotopic (exact) mass is 115 g/mol. The second kappa shape index (κ2) is 1.82. The van der Waals surface area contributed by atoms with E-state index in [0.29, 0.717) is 0 Å². The summed E-state index contributed by atoms with van der Waals surface area (Å²) in [6.07, 6.45) is -0.697. The maximum atomic E-state index is 9.04. The van der Waals surface area contributed by atoms with E-state index in [9.17, 15) is 0 Å². The minimum atomic E-state index is -2.64. The Hall–Kier alpha value is -1.05. The lowest BCUT2D eigenvalue weighted by atomic mass is 10.4. The maximum Gasteiger partial charge on any atom is 0.133 e. The normalized spacial score (nSPS) is 21.5. The molecule has 1 aromatic rings. The third-order valence-corrected chi connectivity index (χ3v) is 0.573. The van der Waals surface area contributed by atoms with Gasteiger partial charge in [0, 0.05) is 9.81 Å². The summed E-state index contributed by atoms with van der Waals surface area (Å²) in [4.78, 5) is 3.25. The number of aromatic nitrogens is 1. The topological polar surface area (TPSA) is 33.1 Å². The molecule has 1 N–H and O–H groups in total. The highest BCUT2D eigenvalue weighted by atomic mass is 16.3. The molecule has 1 rings (SSSR count). The van der Waals surface area contributed by atoms with Gasteiger partial charge in [0.15, 0.2) is 0 Å². The Morgan fingerprint density at radius 2 is 2.75 bits per heavy atom. The molecule has 0 aliphatic heterocycles. The number of pyridine rings is 1. The largest absolute Gasteiger partial charge is 0.506 e. The molecule has 0 aliphatic carbocycles. The minimum absolute atomic E-state index is 0.634. The number of hydrogen-bond acceptors (Lipinski definition) is 2. The molecule has 0 saturated carbocycles. The first kappa shape index (κ1) is 1.47. The highest BCUT2D eigenvalue weighted by Gasteiger charge is 1.83. The van der Waals surface area contributed by atoms with E-state index in [1.165, 1.54) is 0 Å². The van der Waals surface area contributed by atoms with Crippen LogP contribution in [0.15, 0.2) is 18.3 Å². The van der Waals surface area contributed by atoms with E-state index in [4.69, 9.17) is 13.3 Å². The Balaban J connectivity index is 3.49. The average molecular weight is 115 g/mol. The molecule has 0 fully saturated rings. The van der Waals surface area contributed by atoms with Gasteiger partial charge >= 0.3 is 0 Å². The van der Waals surface area contributed by atoms with Crippen molar-refractivity contribution in [3.63, 3.8) is 0 Å². The highest BCUT2D eigenvalue weighted by Crippen LogP contribution is 2.03. The van der Waals surface area contributed by atoms with Crippen LogP contribution in [0.25, 0.3) is 0 Å². The lowest BCUT2D eigenvalue weighted by Crippen LogP contribution is -1.75. The van der Waals surface area contributed by atoms with Crippen molar-refractivity contribution in [2.24, 2.45) is 0 Å². The second-order valence-corrected chi connectivity index (χ2v) is 1.17. The zero-order chi connectivity index (χ0) is 11.1. The van der Waals surface area contributed by atoms with Crippen molar-refractivity contribution in [1.82, 2.24) is 4.98 Å². The minimum Gasteiger partial charge on any atom is -0.506 e. The Morgan fingerprint density at radius 3 is 3.50 bits per heavy atom. The molecule has 0 atom stereocenters. The Morgan fingerprint density at radius 1 is 1.88 bits per heavy atom. The van der Waals surface area contributed by atoms with E-state index >= 15 is 0 Å². The van der Waals surface area contributed by atoms with Crippen LogP contribution in [0.1, 0.15) is 13.9 Å². The Labute approximate surface area is 56.2 Å². The van der Waals surface area contributed by atoms with E-state index in [0.717, 1.165) is 0 Å². The van der Waals surface area contributed by atoms with Gasteiger partial charge in [-0.15, -0.1) is 0 Å². The SMILES string of the molecule is [2H]c1nc(C([2H])([2H])[2H])c([2H])c([2H])c1O. The summed E-state index contributed by atoms with van der Waals surface area (Å²) in [5, 5.41) is 9.04. The van der Waals surface area contributed by atoms with Crippen molar-refractivity contribution in [2.45, 2.75) is 6.85 Å². The van der Waals surface area contributed by atoms with E-state index in [-0.39, 0.29) is 0 Å². The number of aromatic hydroxyl groups is 1. The zero-order valence-corrected chi connectivity index (χ0v) is 3.89. The standard InChI is InChI=1S/C6H7NO/c1-5-2-3-6(8)4-7-5/h2-4,8H,1H3/i1D3,2D,3D,4D. The number of hydrogen-bond donors (Lipinski definition) is 1. The molecule has 2 nitrogen and oxygen atoms in total. The van der Waals surface area contributed by atoms with Gasteiger partial charge in [0.2, 0.25) is 0 Å². The fourth-order valence-corrected chi connectivity index (χ4v) is 0.283. The van der Waals surface area contributed by atoms with Crippen LogP contribution in [-0.4, -0.2) is 10.1 Å². The first-order valence-corrected chi connectivity index (χ1v) is 1.92. The van der Waals surface area contributed by atoms with E-state index in [1.807, 2.05) is 0 Å². The van der Waals surface area contributed by atoms with Crippen LogP contribution in [0.3, 0.4) is 0 Å². The molecule has 0 radical (unpaired) electrons. The molecule has 0 aromatic carbocycles. The number of aryl methyl sites for hydroxylation is 1. The van der Waals surface area contributed by atoms with Crippen LogP contribution in [0.4, 0.5) is 0 Å². The summed E-state index contributed by atoms with van der Waals surface area (Å²) in [7, 11) is 0. The molecule has 0 spiro atoms. The van der Waals surface area contributed by atoms with Crippen molar-refractivity contribution in [3.05, 3.63) is 24.0 Å². The summed E-state index contributed by atoms with van der Waals surface area (Å²) in [5.41, 5.74) is -0.634. The zero-order valence-electron chi connectivity index (χ0n) is 9.89. The van der Waals surface area contributed by atoms with Gasteiger partial charge in [0.1, 0.15) is 5.75 Å². The lowest BCUT2D eigenvalue weighted by molar-refractivity contribution is 0.472. The summed E-state index contributed by atoms with van der Waals surface area (Å²) in [6, 6.07) is -1.35. The van der Waals surface area contributed by atoms with Crippen LogP contribution in [0.2, 0.25) is 0 Å². The van der Waals surface area contributed by atoms with Gasteiger partial charge in [0.25, 0.3) is 0 Å². The molecule has 0 unspecified atom stereocenters. The first-order chi connectivity index (χ1) is 6.25. The summed E-state index contributed by atoms with van der Waals surface area (Å²) < 4.78 is 42.4. The van der Waals surface area contributed by atoms with Crippen LogP contribution in [-0.2, 0) is 0 Å². The van der Waals surface area contributed by atoms with Gasteiger partial charge in [-0.2, -0.15) is 0 Å². The second-order valence-electron chi connectivity index (χ2n) is 1.17. The summed E-state index contributed by atoms with van der Waals surface area (Å²) in [5.74, 6) is -0.775. The van der Waals surface area contributed by atoms with E-state index < -0.39 is 36.6 Å². The van der Waals surface area contributed by atoms with Crippen molar-refractivity contribution in [3.8, 4) is 5.75 Å². The Bertz CT molecular complexity index is 374. The van der Waals surface area contributed by atoms with Crippen molar-refractivity contribution < 1.29 is 13.3 Å². The fraction of sp³-hybridized carbons (Fsp3) is 0.167. The number of nitrogens with zero attached hydrogens (tertiary/aromatic N) is 1. The average Bonchev–Trinajstić information content (AvgIpc) is 2.06. The molecule has 1 aromatic heterocycles. The lowest BCUT2D eigenvalue weighted by Gasteiger charge is -1.88. The van der Waals surface area contributed by atoms with Crippen LogP contribution < -0.4 is 0 Å². The predicted octanol–water partition coefficient (Wildman–Crippen LogP) is 1.10. The van der Waals surface area contributed by atoms with Crippen LogP contribution in [0.5, 0.6) is 5.75 Å². The molecule has 0 amide bonds. The van der Waals surface area contributed by atoms with Crippen molar-refractivity contribution >= 4 is 0 Å². The van der Waals surface area contributed by atoms with Gasteiger partial charge in [-0.05, 0) is 18.9 Å². The fourth-order valence-electron chi connectivity index (χ4n) is 0.283. The predicted molar refractivity (Wildman–Crippen MR) is 30.6 cm³/mol. The highest BCUT2D eigenvalue weighted by molar-refractivity contribution is 5.16. The first-order valence-electron chi connectivity index (χ1n) is 4.92. The van der Waals surface area contributed by atoms with Gasteiger partial charge in [-0.3, -0.25) is 4.98 Å². The molecular weight excluding hydrogens is 102 g/mol. The maximum absolute atomic E-state index is 9.04. The Kier molecular flexibility index (Phi) is 0.334. The van der Waals surface area contributed by atoms with Crippen LogP contribution in [0, 0.1) is 6.85 Å². The molecule has 0 saturated heterocycles. The molecule has 42 valence electrons. The summed E-state index contributed by atoms with van der Waals surface area (Å²) >= 11 is 0. The molecule has 0 aliphatic rings. The van der Waals surface area contributed by atoms with Crippen molar-refractivity contribution in [2.75, 3.05) is 0 Å². The van der Waals surface area contributed by atoms with E-state index in [2.05, 4.69) is 4.98 Å². The van der Waals surface area contributed by atoms with Gasteiger partial charge in [-0.1, -0.05) is 0 Å². The molecule has 8 heavy (non-hydrogen) atoms. The number of rotatable bonds is 0. The smallest absolute Gasteiger partial charge is 0.133 e.